The maximum Gasteiger partial charge on any atom is 0.410 e. The fourth-order valence-corrected chi connectivity index (χ4v) is 8.14. The van der Waals surface area contributed by atoms with Gasteiger partial charge in [-0.25, -0.2) is 4.79 Å². The van der Waals surface area contributed by atoms with Crippen LogP contribution in [0.1, 0.15) is 76.8 Å². The lowest BCUT2D eigenvalue weighted by Crippen LogP contribution is -2.62. The number of fused-ring (bicyclic) bond motifs is 2. The van der Waals surface area contributed by atoms with E-state index in [1.165, 1.54) is 0 Å². The van der Waals surface area contributed by atoms with Crippen molar-refractivity contribution in [2.75, 3.05) is 51.2 Å². The van der Waals surface area contributed by atoms with Crippen LogP contribution in [0.25, 0.3) is 39.0 Å². The predicted octanol–water partition coefficient (Wildman–Crippen LogP) is 7.37. The third-order valence-electron chi connectivity index (χ3n) is 11.3. The van der Waals surface area contributed by atoms with Gasteiger partial charge in [-0.05, 0) is 109 Å². The van der Waals surface area contributed by atoms with Crippen LogP contribution in [0.5, 0.6) is 11.8 Å². The number of aryl methyl sites for hydroxylation is 1. The second-order valence-electron chi connectivity index (χ2n) is 16.3. The molecule has 3 saturated heterocycles. The van der Waals surface area contributed by atoms with E-state index in [-0.39, 0.29) is 23.7 Å². The Hall–Kier alpha value is -4.38. The summed E-state index contributed by atoms with van der Waals surface area (Å²) in [5.74, 6) is 1.63. The molecule has 1 spiro atoms. The normalized spacial score (nSPS) is 20.0. The number of nitrogens with zero attached hydrogens (tertiary/aromatic N) is 6. The topological polar surface area (TPSA) is 109 Å². The lowest BCUT2D eigenvalue weighted by atomic mass is 9.72. The fourth-order valence-electron chi connectivity index (χ4n) is 8.14. The number of nitrogens with one attached hydrogen (secondary N) is 1. The summed E-state index contributed by atoms with van der Waals surface area (Å²) >= 11 is 0. The summed E-state index contributed by atoms with van der Waals surface area (Å²) in [5.41, 5.74) is 5.51. The number of aromatic amines is 1. The number of carbonyl (C=O) groups is 1. The maximum atomic E-state index is 12.8. The van der Waals surface area contributed by atoms with Crippen LogP contribution >= 0.6 is 0 Å². The summed E-state index contributed by atoms with van der Waals surface area (Å²) in [6, 6.07) is 6.80. The van der Waals surface area contributed by atoms with E-state index in [0.717, 1.165) is 140 Å². The molecular formula is C40H51N7O4. The molecule has 4 fully saturated rings. The van der Waals surface area contributed by atoms with E-state index >= 15 is 0 Å². The number of hydrogen-bond donors (Lipinski definition) is 1. The lowest BCUT2D eigenvalue weighted by molar-refractivity contribution is -0.0434. The zero-order chi connectivity index (χ0) is 35.5. The van der Waals surface area contributed by atoms with Gasteiger partial charge in [-0.2, -0.15) is 15.1 Å². The Balaban J connectivity index is 1.21. The van der Waals surface area contributed by atoms with Gasteiger partial charge in [-0.3, -0.25) is 5.10 Å². The minimum Gasteiger partial charge on any atom is -0.487 e. The highest BCUT2D eigenvalue weighted by molar-refractivity contribution is 6.07. The van der Waals surface area contributed by atoms with Crippen molar-refractivity contribution < 1.29 is 19.0 Å². The van der Waals surface area contributed by atoms with Crippen LogP contribution in [0.3, 0.4) is 0 Å². The van der Waals surface area contributed by atoms with Crippen LogP contribution < -0.4 is 14.4 Å². The standard InChI is InChI=1S/C40H51N7O4/c1-7-26-21-29-34(35(49-27-9-8-10-27)33(26)32-25(2)11-12-31-30(32)22-41-44-31)42-37(50-28-13-17-45(6)18-14-28)43-36(29)46-19-15-40(16-20-46)23-47(24-40)38(48)51-39(3,4)5/h7,11-12,21-22,27-28H,1,8-10,13-20,23-24H2,2-6H3,(H,41,44). The Morgan fingerprint density at radius 2 is 1.71 bits per heavy atom. The molecule has 2 aromatic carbocycles. The van der Waals surface area contributed by atoms with Gasteiger partial charge in [0.15, 0.2) is 5.75 Å². The monoisotopic (exact) mass is 693 g/mol. The molecule has 8 rings (SSSR count). The van der Waals surface area contributed by atoms with Crippen molar-refractivity contribution in [3.63, 3.8) is 0 Å². The van der Waals surface area contributed by atoms with E-state index in [1.807, 2.05) is 37.9 Å². The SMILES string of the molecule is C=Cc1cc2c(N3CCC4(CC3)CN(C(=O)OC(C)(C)C)C4)nc(OC3CCN(C)CC3)nc2c(OC2CCC2)c1-c1c(C)ccc2[nH]ncc12. The third kappa shape index (κ3) is 6.49. The van der Waals surface area contributed by atoms with E-state index in [9.17, 15) is 4.79 Å². The van der Waals surface area contributed by atoms with Gasteiger partial charge in [0, 0.05) is 61.0 Å². The van der Waals surface area contributed by atoms with E-state index in [4.69, 9.17) is 24.2 Å². The van der Waals surface area contributed by atoms with Crippen LogP contribution in [0, 0.1) is 12.3 Å². The molecule has 1 aliphatic carbocycles. The zero-order valence-electron chi connectivity index (χ0n) is 30.8. The second kappa shape index (κ2) is 13.0. The molecule has 0 bridgehead atoms. The molecule has 1 N–H and O–H groups in total. The molecule has 0 radical (unpaired) electrons. The third-order valence-corrected chi connectivity index (χ3v) is 11.3. The predicted molar refractivity (Wildman–Crippen MR) is 201 cm³/mol. The highest BCUT2D eigenvalue weighted by Gasteiger charge is 2.48. The lowest BCUT2D eigenvalue weighted by Gasteiger charge is -2.53. The molecular weight excluding hydrogens is 642 g/mol. The molecule has 1 saturated carbocycles. The van der Waals surface area contributed by atoms with Crippen molar-refractivity contribution in [3.8, 4) is 22.9 Å². The summed E-state index contributed by atoms with van der Waals surface area (Å²) in [7, 11) is 2.16. The summed E-state index contributed by atoms with van der Waals surface area (Å²) in [6.45, 7) is 17.2. The quantitative estimate of drug-likeness (QED) is 0.212. The largest absolute Gasteiger partial charge is 0.487 e. The molecule has 0 atom stereocenters. The highest BCUT2D eigenvalue weighted by atomic mass is 16.6. The van der Waals surface area contributed by atoms with Gasteiger partial charge in [-0.1, -0.05) is 18.7 Å². The van der Waals surface area contributed by atoms with Gasteiger partial charge < -0.3 is 28.9 Å². The zero-order valence-corrected chi connectivity index (χ0v) is 30.8. The Morgan fingerprint density at radius 1 is 0.980 bits per heavy atom. The molecule has 4 aliphatic rings. The van der Waals surface area contributed by atoms with Crippen molar-refractivity contribution in [2.24, 2.45) is 5.41 Å². The number of anilines is 1. The number of piperidine rings is 2. The van der Waals surface area contributed by atoms with Crippen LogP contribution in [0.2, 0.25) is 0 Å². The van der Waals surface area contributed by atoms with Gasteiger partial charge in [0.25, 0.3) is 0 Å². The number of rotatable bonds is 7. The number of aromatic nitrogens is 4. The highest BCUT2D eigenvalue weighted by Crippen LogP contribution is 2.48. The molecule has 5 heterocycles. The van der Waals surface area contributed by atoms with Crippen molar-refractivity contribution in [2.45, 2.75) is 90.4 Å². The van der Waals surface area contributed by atoms with Crippen molar-refractivity contribution >= 4 is 39.8 Å². The molecule has 11 heteroatoms. The molecule has 270 valence electrons. The molecule has 0 unspecified atom stereocenters. The van der Waals surface area contributed by atoms with Crippen LogP contribution in [0.15, 0.2) is 31.0 Å². The molecule has 3 aliphatic heterocycles. The summed E-state index contributed by atoms with van der Waals surface area (Å²) in [5, 5.41) is 9.54. The molecule has 4 aromatic rings. The van der Waals surface area contributed by atoms with Crippen LogP contribution in [-0.2, 0) is 4.74 Å². The maximum absolute atomic E-state index is 12.8. The van der Waals surface area contributed by atoms with Crippen molar-refractivity contribution in [1.82, 2.24) is 30.0 Å². The molecule has 2 aromatic heterocycles. The van der Waals surface area contributed by atoms with E-state index in [0.29, 0.717) is 6.01 Å². The fraction of sp³-hybridized carbons (Fsp3) is 0.550. The first-order valence-corrected chi connectivity index (χ1v) is 18.7. The van der Waals surface area contributed by atoms with Crippen molar-refractivity contribution in [3.05, 3.63) is 42.1 Å². The molecule has 11 nitrogen and oxygen atoms in total. The van der Waals surface area contributed by atoms with Gasteiger partial charge >= 0.3 is 12.1 Å². The van der Waals surface area contributed by atoms with Crippen LogP contribution in [-0.4, -0.2) is 100 Å². The molecule has 1 amide bonds. The average Bonchev–Trinajstić information content (AvgIpc) is 3.54. The van der Waals surface area contributed by atoms with E-state index < -0.39 is 5.60 Å². The number of likely N-dealkylation sites (tertiary alicyclic amines) is 2. The summed E-state index contributed by atoms with van der Waals surface area (Å²) < 4.78 is 19.3. The van der Waals surface area contributed by atoms with Gasteiger partial charge in [0.05, 0.1) is 17.8 Å². The van der Waals surface area contributed by atoms with Crippen LogP contribution in [0.4, 0.5) is 10.6 Å². The Morgan fingerprint density at radius 3 is 2.37 bits per heavy atom. The Kier molecular flexibility index (Phi) is 8.60. The number of amides is 1. The molecule has 51 heavy (non-hydrogen) atoms. The minimum atomic E-state index is -0.500. The Bertz CT molecular complexity index is 1960. The van der Waals surface area contributed by atoms with Gasteiger partial charge in [0.2, 0.25) is 0 Å². The minimum absolute atomic E-state index is 0.0507. The first-order valence-electron chi connectivity index (χ1n) is 18.7. The average molecular weight is 694 g/mol. The Labute approximate surface area is 300 Å². The summed E-state index contributed by atoms with van der Waals surface area (Å²) in [4.78, 5) is 29.7. The number of hydrogen-bond acceptors (Lipinski definition) is 9. The first kappa shape index (κ1) is 33.7. The first-order chi connectivity index (χ1) is 24.5. The number of carbonyl (C=O) groups excluding carboxylic acids is 1. The van der Waals surface area contributed by atoms with Crippen molar-refractivity contribution in [1.29, 1.82) is 0 Å². The van der Waals surface area contributed by atoms with E-state index in [2.05, 4.69) is 58.7 Å². The number of ether oxygens (including phenoxy) is 3. The van der Waals surface area contributed by atoms with Gasteiger partial charge in [-0.15, -0.1) is 0 Å². The van der Waals surface area contributed by atoms with E-state index in [1.54, 1.807) is 0 Å². The second-order valence-corrected chi connectivity index (χ2v) is 16.3. The van der Waals surface area contributed by atoms with Gasteiger partial charge in [0.1, 0.15) is 23.0 Å². The number of H-pyrrole nitrogens is 1. The number of benzene rings is 2. The smallest absolute Gasteiger partial charge is 0.410 e. The summed E-state index contributed by atoms with van der Waals surface area (Å²) in [6.07, 6.45) is 10.7.